The lowest BCUT2D eigenvalue weighted by molar-refractivity contribution is -0.142. The first-order valence-electron chi connectivity index (χ1n) is 10.4. The number of phenols is 1. The average Bonchev–Trinajstić information content (AvgIpc) is 2.80. The number of hydrogen-bond acceptors (Lipinski definition) is 8. The van der Waals surface area contributed by atoms with Crippen LogP contribution >= 0.6 is 12.6 Å². The number of nitrogens with two attached hydrogens (primary N) is 1. The van der Waals surface area contributed by atoms with Gasteiger partial charge in [0, 0.05) is 12.2 Å². The van der Waals surface area contributed by atoms with Crippen LogP contribution in [0.1, 0.15) is 25.8 Å². The number of benzene rings is 1. The third-order valence-corrected chi connectivity index (χ3v) is 5.55. The van der Waals surface area contributed by atoms with Crippen molar-refractivity contribution in [2.45, 2.75) is 50.9 Å². The molecule has 0 radical (unpaired) electrons. The molecule has 0 heterocycles. The maximum Gasteiger partial charge on any atom is 0.326 e. The van der Waals surface area contributed by atoms with Gasteiger partial charge in [-0.2, -0.15) is 12.6 Å². The maximum atomic E-state index is 12.5. The van der Waals surface area contributed by atoms with Crippen molar-refractivity contribution >= 4 is 36.3 Å². The van der Waals surface area contributed by atoms with E-state index < -0.39 is 54.5 Å². The highest BCUT2D eigenvalue weighted by Crippen LogP contribution is 2.11. The zero-order valence-electron chi connectivity index (χ0n) is 18.5. The first-order chi connectivity index (χ1) is 15.5. The Morgan fingerprint density at radius 1 is 0.970 bits per heavy atom. The number of carboxylic acids is 1. The van der Waals surface area contributed by atoms with Crippen LogP contribution < -0.4 is 21.7 Å². The summed E-state index contributed by atoms with van der Waals surface area (Å²) < 4.78 is 0. The van der Waals surface area contributed by atoms with Crippen molar-refractivity contribution in [2.24, 2.45) is 11.7 Å². The van der Waals surface area contributed by atoms with E-state index in [0.717, 1.165) is 0 Å². The molecule has 0 aromatic heterocycles. The minimum atomic E-state index is -1.46. The lowest BCUT2D eigenvalue weighted by Crippen LogP contribution is -2.59. The number of aliphatic hydroxyl groups is 1. The molecule has 1 aromatic rings. The molecule has 5 atom stereocenters. The number of aromatic hydroxyl groups is 1. The van der Waals surface area contributed by atoms with Crippen LogP contribution in [-0.4, -0.2) is 75.5 Å². The highest BCUT2D eigenvalue weighted by molar-refractivity contribution is 7.80. The van der Waals surface area contributed by atoms with Gasteiger partial charge in [-0.05, 0) is 23.6 Å². The highest BCUT2D eigenvalue weighted by Gasteiger charge is 2.30. The summed E-state index contributed by atoms with van der Waals surface area (Å²) in [7, 11) is 0. The molecule has 0 saturated carbocycles. The van der Waals surface area contributed by atoms with Crippen molar-refractivity contribution < 1.29 is 34.5 Å². The van der Waals surface area contributed by atoms with Gasteiger partial charge in [0.1, 0.15) is 23.9 Å². The van der Waals surface area contributed by atoms with Crippen LogP contribution in [0.3, 0.4) is 0 Å². The zero-order valence-corrected chi connectivity index (χ0v) is 19.4. The number of nitrogens with one attached hydrogen (secondary N) is 3. The van der Waals surface area contributed by atoms with E-state index in [-0.39, 0.29) is 23.8 Å². The smallest absolute Gasteiger partial charge is 0.326 e. The second-order valence-corrected chi connectivity index (χ2v) is 8.03. The topological polar surface area (TPSA) is 191 Å². The average molecular weight is 485 g/mol. The summed E-state index contributed by atoms with van der Waals surface area (Å²) >= 11 is 4.05. The van der Waals surface area contributed by atoms with Crippen LogP contribution in [-0.2, 0) is 25.6 Å². The number of carbonyl (C=O) groups is 4. The first-order valence-corrected chi connectivity index (χ1v) is 11.1. The minimum Gasteiger partial charge on any atom is -0.508 e. The molecule has 0 aliphatic heterocycles. The number of carbonyl (C=O) groups excluding carboxylic acids is 3. The van der Waals surface area contributed by atoms with Crippen LogP contribution in [0.4, 0.5) is 0 Å². The van der Waals surface area contributed by atoms with E-state index in [1.807, 2.05) is 6.92 Å². The van der Waals surface area contributed by atoms with E-state index in [2.05, 4.69) is 28.6 Å². The number of aliphatic carboxylic acids is 1. The Morgan fingerprint density at radius 2 is 1.48 bits per heavy atom. The largest absolute Gasteiger partial charge is 0.508 e. The summed E-state index contributed by atoms with van der Waals surface area (Å²) in [6, 6.07) is 1.02. The Balaban J connectivity index is 2.79. The fourth-order valence-electron chi connectivity index (χ4n) is 2.78. The van der Waals surface area contributed by atoms with Gasteiger partial charge in [0.15, 0.2) is 0 Å². The fourth-order valence-corrected chi connectivity index (χ4v) is 3.04. The van der Waals surface area contributed by atoms with Gasteiger partial charge in [0.2, 0.25) is 17.7 Å². The third kappa shape index (κ3) is 8.91. The molecule has 5 unspecified atom stereocenters. The first kappa shape index (κ1) is 28.2. The minimum absolute atomic E-state index is 0.00802. The molecular formula is C21H32N4O7S. The molecule has 8 N–H and O–H groups in total. The monoisotopic (exact) mass is 484 g/mol. The van der Waals surface area contributed by atoms with E-state index in [1.165, 1.54) is 24.3 Å². The van der Waals surface area contributed by atoms with Crippen LogP contribution in [0.25, 0.3) is 0 Å². The summed E-state index contributed by atoms with van der Waals surface area (Å²) in [6.45, 7) is 2.86. The second kappa shape index (κ2) is 13.7. The van der Waals surface area contributed by atoms with Gasteiger partial charge in [0.05, 0.1) is 12.6 Å². The Morgan fingerprint density at radius 3 is 1.97 bits per heavy atom. The van der Waals surface area contributed by atoms with E-state index in [9.17, 15) is 34.5 Å². The molecule has 0 saturated heterocycles. The van der Waals surface area contributed by atoms with Crippen LogP contribution in [0.5, 0.6) is 5.75 Å². The van der Waals surface area contributed by atoms with Crippen molar-refractivity contribution in [1.82, 2.24) is 16.0 Å². The molecule has 33 heavy (non-hydrogen) atoms. The van der Waals surface area contributed by atoms with Gasteiger partial charge in [-0.15, -0.1) is 0 Å². The summed E-state index contributed by atoms with van der Waals surface area (Å²) in [6.07, 6.45) is 0.574. The van der Waals surface area contributed by atoms with E-state index in [4.69, 9.17) is 5.73 Å². The van der Waals surface area contributed by atoms with Crippen molar-refractivity contribution in [3.63, 3.8) is 0 Å². The molecule has 3 amide bonds. The Kier molecular flexibility index (Phi) is 11.7. The molecule has 12 heteroatoms. The predicted octanol–water partition coefficient (Wildman–Crippen LogP) is -1.23. The number of phenolic OH excluding ortho intramolecular Hbond substituents is 1. The number of hydrogen-bond donors (Lipinski definition) is 8. The van der Waals surface area contributed by atoms with Gasteiger partial charge in [0.25, 0.3) is 0 Å². The Hall–Kier alpha value is -2.83. The van der Waals surface area contributed by atoms with E-state index >= 15 is 0 Å². The number of amides is 3. The summed E-state index contributed by atoms with van der Waals surface area (Å²) in [4.78, 5) is 48.9. The molecule has 1 rings (SSSR count). The molecule has 184 valence electrons. The Bertz CT molecular complexity index is 821. The molecule has 11 nitrogen and oxygen atoms in total. The van der Waals surface area contributed by atoms with Crippen molar-refractivity contribution in [1.29, 1.82) is 0 Å². The normalized spacial score (nSPS) is 15.4. The van der Waals surface area contributed by atoms with Gasteiger partial charge in [-0.1, -0.05) is 32.4 Å². The van der Waals surface area contributed by atoms with Crippen LogP contribution in [0.2, 0.25) is 0 Å². The molecule has 0 bridgehead atoms. The van der Waals surface area contributed by atoms with Crippen LogP contribution in [0, 0.1) is 5.92 Å². The van der Waals surface area contributed by atoms with Crippen molar-refractivity contribution in [2.75, 3.05) is 12.4 Å². The molecule has 0 aliphatic rings. The van der Waals surface area contributed by atoms with Gasteiger partial charge in [-0.3, -0.25) is 14.4 Å². The Labute approximate surface area is 197 Å². The molecular weight excluding hydrogens is 452 g/mol. The van der Waals surface area contributed by atoms with Crippen LogP contribution in [0.15, 0.2) is 24.3 Å². The zero-order chi connectivity index (χ0) is 25.1. The molecule has 1 aromatic carbocycles. The quantitative estimate of drug-likeness (QED) is 0.160. The second-order valence-electron chi connectivity index (χ2n) is 7.67. The number of aliphatic hydroxyl groups excluding tert-OH is 1. The lowest BCUT2D eigenvalue weighted by Gasteiger charge is -2.24. The SMILES string of the molecule is CCC(C)C(N)C(=O)NC(CS)C(=O)NC(CO)C(=O)NC(Cc1ccc(O)cc1)C(=O)O. The summed E-state index contributed by atoms with van der Waals surface area (Å²) in [5.74, 6) is -3.78. The van der Waals surface area contributed by atoms with Gasteiger partial charge in [-0.25, -0.2) is 4.79 Å². The van der Waals surface area contributed by atoms with Crippen molar-refractivity contribution in [3.8, 4) is 5.75 Å². The summed E-state index contributed by atoms with van der Waals surface area (Å²) in [5, 5.41) is 35.4. The van der Waals surface area contributed by atoms with Gasteiger partial charge < -0.3 is 37.0 Å². The maximum absolute atomic E-state index is 12.5. The standard InChI is InChI=1S/C21H32N4O7S/c1-3-11(2)17(22)20(30)25-16(10-33)19(29)24-15(9-26)18(28)23-14(21(31)32)8-12-4-6-13(27)7-5-12/h4-7,11,14-17,26-27,33H,3,8-10,22H2,1-2H3,(H,23,28)(H,24,29)(H,25,30)(H,31,32). The van der Waals surface area contributed by atoms with E-state index in [0.29, 0.717) is 12.0 Å². The van der Waals surface area contributed by atoms with E-state index in [1.54, 1.807) is 6.92 Å². The third-order valence-electron chi connectivity index (χ3n) is 5.18. The molecule has 0 spiro atoms. The predicted molar refractivity (Wildman–Crippen MR) is 124 cm³/mol. The number of thiol groups is 1. The number of rotatable bonds is 13. The highest BCUT2D eigenvalue weighted by atomic mass is 32.1. The van der Waals surface area contributed by atoms with Crippen molar-refractivity contribution in [3.05, 3.63) is 29.8 Å². The molecule has 0 aliphatic carbocycles. The molecule has 0 fully saturated rings. The fraction of sp³-hybridized carbons (Fsp3) is 0.524. The summed E-state index contributed by atoms with van der Waals surface area (Å²) in [5.41, 5.74) is 6.40. The number of carboxylic acid groups (broad SMARTS) is 1. The lowest BCUT2D eigenvalue weighted by atomic mass is 9.99. The van der Waals surface area contributed by atoms with Gasteiger partial charge >= 0.3 is 5.97 Å².